The molecule has 0 saturated carbocycles. The van der Waals surface area contributed by atoms with Gasteiger partial charge in [-0.2, -0.15) is 0 Å². The molecule has 2 unspecified atom stereocenters. The Morgan fingerprint density at radius 3 is 2.44 bits per heavy atom. The van der Waals surface area contributed by atoms with E-state index in [1.807, 2.05) is 6.92 Å². The zero-order chi connectivity index (χ0) is 12.6. The number of carboxylic acid groups (broad SMARTS) is 1. The molecule has 0 fully saturated rings. The third-order valence-corrected chi connectivity index (χ3v) is 2.43. The van der Waals surface area contributed by atoms with Crippen LogP contribution in [-0.2, 0) is 14.3 Å². The summed E-state index contributed by atoms with van der Waals surface area (Å²) in [5.74, 6) is -2.19. The van der Waals surface area contributed by atoms with E-state index in [2.05, 4.69) is 0 Å². The summed E-state index contributed by atoms with van der Waals surface area (Å²) >= 11 is 0. The Kier molecular flexibility index (Phi) is 7.54. The Morgan fingerprint density at radius 2 is 2.00 bits per heavy atom. The number of aliphatic hydroxyl groups excluding tert-OH is 1. The zero-order valence-electron chi connectivity index (χ0n) is 9.81. The van der Waals surface area contributed by atoms with Gasteiger partial charge in [0.15, 0.2) is 0 Å². The third kappa shape index (κ3) is 5.70. The number of carboxylic acids is 1. The van der Waals surface area contributed by atoms with E-state index in [4.69, 9.17) is 14.9 Å². The number of carbonyl (C=O) groups is 2. The van der Waals surface area contributed by atoms with Crippen LogP contribution in [0.4, 0.5) is 0 Å². The van der Waals surface area contributed by atoms with Crippen LogP contribution >= 0.6 is 0 Å². The molecule has 0 saturated heterocycles. The molecule has 0 aromatic carbocycles. The second-order valence-corrected chi connectivity index (χ2v) is 3.82. The van der Waals surface area contributed by atoms with Crippen molar-refractivity contribution in [2.45, 2.75) is 33.1 Å². The number of ether oxygens (including phenoxy) is 1. The van der Waals surface area contributed by atoms with Gasteiger partial charge in [0.25, 0.3) is 0 Å². The predicted molar refractivity (Wildman–Crippen MR) is 57.9 cm³/mol. The smallest absolute Gasteiger partial charge is 0.308 e. The average molecular weight is 232 g/mol. The number of esters is 1. The molecule has 0 aliphatic carbocycles. The van der Waals surface area contributed by atoms with Crippen LogP contribution in [0.3, 0.4) is 0 Å². The van der Waals surface area contributed by atoms with Gasteiger partial charge in [-0.15, -0.1) is 0 Å². The van der Waals surface area contributed by atoms with E-state index >= 15 is 0 Å². The van der Waals surface area contributed by atoms with Crippen molar-refractivity contribution in [3.63, 3.8) is 0 Å². The fraction of sp³-hybridized carbons (Fsp3) is 0.818. The fourth-order valence-corrected chi connectivity index (χ4v) is 1.31. The van der Waals surface area contributed by atoms with Crippen LogP contribution in [0.25, 0.3) is 0 Å². The topological polar surface area (TPSA) is 83.8 Å². The molecule has 94 valence electrons. The lowest BCUT2D eigenvalue weighted by molar-refractivity contribution is -0.150. The van der Waals surface area contributed by atoms with E-state index in [1.165, 1.54) is 0 Å². The molecule has 16 heavy (non-hydrogen) atoms. The first kappa shape index (κ1) is 14.9. The van der Waals surface area contributed by atoms with Crippen molar-refractivity contribution in [2.75, 3.05) is 13.2 Å². The molecule has 0 amide bonds. The maximum atomic E-state index is 11.5. The minimum atomic E-state index is -0.901. The number of aliphatic carboxylic acids is 1. The average Bonchev–Trinajstić information content (AvgIpc) is 2.25. The van der Waals surface area contributed by atoms with Crippen LogP contribution in [0.1, 0.15) is 33.1 Å². The lowest BCUT2D eigenvalue weighted by atomic mass is 9.94. The highest BCUT2D eigenvalue weighted by Gasteiger charge is 2.23. The molecule has 5 nitrogen and oxygen atoms in total. The Bertz CT molecular complexity index is 226. The van der Waals surface area contributed by atoms with Crippen LogP contribution in [0.5, 0.6) is 0 Å². The first-order valence-corrected chi connectivity index (χ1v) is 5.53. The van der Waals surface area contributed by atoms with Gasteiger partial charge in [-0.05, 0) is 12.8 Å². The number of aliphatic hydroxyl groups is 1. The van der Waals surface area contributed by atoms with Crippen molar-refractivity contribution < 1.29 is 24.5 Å². The summed E-state index contributed by atoms with van der Waals surface area (Å²) in [6.07, 6.45) is 1.27. The quantitative estimate of drug-likeness (QED) is 0.482. The van der Waals surface area contributed by atoms with Gasteiger partial charge in [-0.3, -0.25) is 9.59 Å². The van der Waals surface area contributed by atoms with Gasteiger partial charge in [-0.25, -0.2) is 0 Å². The SMILES string of the molecule is CCC(CC(C)C(=O)O)C(=O)OCCCO. The molecule has 0 aromatic heterocycles. The third-order valence-electron chi connectivity index (χ3n) is 2.43. The van der Waals surface area contributed by atoms with Crippen LogP contribution in [-0.4, -0.2) is 35.4 Å². The van der Waals surface area contributed by atoms with Crippen LogP contribution in [0.15, 0.2) is 0 Å². The minimum absolute atomic E-state index is 0.0183. The Labute approximate surface area is 95.4 Å². The molecule has 2 N–H and O–H groups in total. The minimum Gasteiger partial charge on any atom is -0.481 e. The molecule has 2 atom stereocenters. The summed E-state index contributed by atoms with van der Waals surface area (Å²) in [7, 11) is 0. The summed E-state index contributed by atoms with van der Waals surface area (Å²) in [4.78, 5) is 22.2. The largest absolute Gasteiger partial charge is 0.481 e. The number of hydrogen-bond donors (Lipinski definition) is 2. The predicted octanol–water partition coefficient (Wildman–Crippen LogP) is 1.05. The zero-order valence-corrected chi connectivity index (χ0v) is 9.81. The standard InChI is InChI=1S/C11H20O5/c1-3-9(7-8(2)10(13)14)11(15)16-6-4-5-12/h8-9,12H,3-7H2,1-2H3,(H,13,14). The van der Waals surface area contributed by atoms with E-state index in [9.17, 15) is 9.59 Å². The van der Waals surface area contributed by atoms with Crippen molar-refractivity contribution in [3.05, 3.63) is 0 Å². The summed E-state index contributed by atoms with van der Waals surface area (Å²) in [6, 6.07) is 0. The van der Waals surface area contributed by atoms with Crippen molar-refractivity contribution >= 4 is 11.9 Å². The van der Waals surface area contributed by atoms with Crippen molar-refractivity contribution in [1.82, 2.24) is 0 Å². The van der Waals surface area contributed by atoms with Gasteiger partial charge in [0, 0.05) is 13.0 Å². The van der Waals surface area contributed by atoms with Crippen molar-refractivity contribution in [2.24, 2.45) is 11.8 Å². The van der Waals surface area contributed by atoms with Gasteiger partial charge < -0.3 is 14.9 Å². The number of rotatable bonds is 8. The first-order valence-electron chi connectivity index (χ1n) is 5.53. The molecule has 0 aliphatic heterocycles. The monoisotopic (exact) mass is 232 g/mol. The van der Waals surface area contributed by atoms with Crippen molar-refractivity contribution in [3.8, 4) is 0 Å². The van der Waals surface area contributed by atoms with Crippen LogP contribution < -0.4 is 0 Å². The molecular weight excluding hydrogens is 212 g/mol. The van der Waals surface area contributed by atoms with Crippen molar-refractivity contribution in [1.29, 1.82) is 0 Å². The summed E-state index contributed by atoms with van der Waals surface area (Å²) < 4.78 is 4.92. The highest BCUT2D eigenvalue weighted by molar-refractivity contribution is 5.74. The molecule has 0 rings (SSSR count). The Balaban J connectivity index is 4.06. The van der Waals surface area contributed by atoms with Crippen LogP contribution in [0.2, 0.25) is 0 Å². The van der Waals surface area contributed by atoms with E-state index in [1.54, 1.807) is 6.92 Å². The molecule has 5 heteroatoms. The lowest BCUT2D eigenvalue weighted by Gasteiger charge is -2.16. The molecule has 0 aromatic rings. The lowest BCUT2D eigenvalue weighted by Crippen LogP contribution is -2.23. The first-order chi connectivity index (χ1) is 7.52. The number of carbonyl (C=O) groups excluding carboxylic acids is 1. The fourth-order valence-electron chi connectivity index (χ4n) is 1.31. The normalized spacial score (nSPS) is 14.2. The maximum absolute atomic E-state index is 11.5. The second-order valence-electron chi connectivity index (χ2n) is 3.82. The maximum Gasteiger partial charge on any atom is 0.308 e. The van der Waals surface area contributed by atoms with Gasteiger partial charge >= 0.3 is 11.9 Å². The van der Waals surface area contributed by atoms with E-state index < -0.39 is 11.9 Å². The summed E-state index contributed by atoms with van der Waals surface area (Å²) in [6.45, 7) is 3.57. The molecule has 0 spiro atoms. The molecule has 0 radical (unpaired) electrons. The Hall–Kier alpha value is -1.10. The second kappa shape index (κ2) is 8.10. The van der Waals surface area contributed by atoms with E-state index in [0.717, 1.165) is 0 Å². The number of hydrogen-bond acceptors (Lipinski definition) is 4. The van der Waals surface area contributed by atoms with Gasteiger partial charge in [-0.1, -0.05) is 13.8 Å². The molecule has 0 bridgehead atoms. The molecular formula is C11H20O5. The van der Waals surface area contributed by atoms with Crippen LogP contribution in [0, 0.1) is 11.8 Å². The van der Waals surface area contributed by atoms with Gasteiger partial charge in [0.1, 0.15) is 0 Å². The molecule has 0 aliphatic rings. The highest BCUT2D eigenvalue weighted by atomic mass is 16.5. The summed E-state index contributed by atoms with van der Waals surface area (Å²) in [5.41, 5.74) is 0. The van der Waals surface area contributed by atoms with E-state index in [0.29, 0.717) is 19.3 Å². The van der Waals surface area contributed by atoms with E-state index in [-0.39, 0.29) is 25.1 Å². The van der Waals surface area contributed by atoms with Gasteiger partial charge in [0.05, 0.1) is 18.4 Å². The Morgan fingerprint density at radius 1 is 1.38 bits per heavy atom. The highest BCUT2D eigenvalue weighted by Crippen LogP contribution is 2.17. The van der Waals surface area contributed by atoms with Gasteiger partial charge in [0.2, 0.25) is 0 Å². The molecule has 0 heterocycles. The summed E-state index contributed by atoms with van der Waals surface area (Å²) in [5, 5.41) is 17.3.